The smallest absolute Gasteiger partial charge is 0.306 e. The van der Waals surface area contributed by atoms with Crippen molar-refractivity contribution in [2.45, 2.75) is 53.2 Å². The Bertz CT molecular complexity index is 346. The van der Waals surface area contributed by atoms with Crippen molar-refractivity contribution in [2.75, 3.05) is 0 Å². The Labute approximate surface area is 108 Å². The van der Waals surface area contributed by atoms with Crippen LogP contribution in [0.2, 0.25) is 0 Å². The van der Waals surface area contributed by atoms with Gasteiger partial charge >= 0.3 is 11.9 Å². The monoisotopic (exact) mass is 254 g/mol. The van der Waals surface area contributed by atoms with Crippen molar-refractivity contribution in [1.82, 2.24) is 0 Å². The zero-order valence-corrected chi connectivity index (χ0v) is 11.8. The summed E-state index contributed by atoms with van der Waals surface area (Å²) in [6.45, 7) is 8.82. The average Bonchev–Trinajstić information content (AvgIpc) is 2.13. The van der Waals surface area contributed by atoms with Gasteiger partial charge in [-0.2, -0.15) is 0 Å². The molecule has 0 aromatic rings. The molecule has 0 saturated carbocycles. The van der Waals surface area contributed by atoms with E-state index >= 15 is 0 Å². The van der Waals surface area contributed by atoms with Gasteiger partial charge in [-0.3, -0.25) is 9.59 Å². The standard InChI is InChI=1S/C14H22O4/c1-10(15)17-14(18-11(2)16)9-7-6-8-12(14)13(3,4)5/h7,9,12H,6,8H2,1-5H3/t12-/m1/s1. The van der Waals surface area contributed by atoms with E-state index in [1.807, 2.05) is 6.08 Å². The lowest BCUT2D eigenvalue weighted by Gasteiger charge is -2.44. The van der Waals surface area contributed by atoms with E-state index in [1.165, 1.54) is 13.8 Å². The zero-order chi connectivity index (χ0) is 14.0. The van der Waals surface area contributed by atoms with E-state index < -0.39 is 17.7 Å². The van der Waals surface area contributed by atoms with E-state index in [-0.39, 0.29) is 11.3 Å². The Morgan fingerprint density at radius 2 is 1.67 bits per heavy atom. The molecule has 0 spiro atoms. The van der Waals surface area contributed by atoms with Crippen LogP contribution in [0.25, 0.3) is 0 Å². The Kier molecular flexibility index (Phi) is 4.20. The fourth-order valence-electron chi connectivity index (χ4n) is 2.54. The Morgan fingerprint density at radius 3 is 2.06 bits per heavy atom. The second-order valence-corrected chi connectivity index (χ2v) is 5.81. The predicted molar refractivity (Wildman–Crippen MR) is 67.6 cm³/mol. The molecule has 4 heteroatoms. The number of carbonyl (C=O) groups excluding carboxylic acids is 2. The van der Waals surface area contributed by atoms with Gasteiger partial charge in [-0.15, -0.1) is 0 Å². The second kappa shape index (κ2) is 5.12. The zero-order valence-electron chi connectivity index (χ0n) is 11.8. The van der Waals surface area contributed by atoms with Crippen LogP contribution < -0.4 is 0 Å². The van der Waals surface area contributed by atoms with Crippen molar-refractivity contribution in [3.63, 3.8) is 0 Å². The molecule has 0 radical (unpaired) electrons. The van der Waals surface area contributed by atoms with Gasteiger partial charge in [0, 0.05) is 19.8 Å². The fourth-order valence-corrected chi connectivity index (χ4v) is 2.54. The van der Waals surface area contributed by atoms with Crippen LogP contribution in [-0.2, 0) is 19.1 Å². The molecule has 1 rings (SSSR count). The van der Waals surface area contributed by atoms with Crippen LogP contribution >= 0.6 is 0 Å². The third kappa shape index (κ3) is 3.34. The van der Waals surface area contributed by atoms with Gasteiger partial charge in [0.25, 0.3) is 5.79 Å². The summed E-state index contributed by atoms with van der Waals surface area (Å²) in [4.78, 5) is 22.6. The van der Waals surface area contributed by atoms with Crippen LogP contribution in [0, 0.1) is 11.3 Å². The van der Waals surface area contributed by atoms with E-state index in [2.05, 4.69) is 20.8 Å². The quantitative estimate of drug-likeness (QED) is 0.432. The summed E-state index contributed by atoms with van der Waals surface area (Å²) < 4.78 is 10.7. The largest absolute Gasteiger partial charge is 0.418 e. The molecular weight excluding hydrogens is 232 g/mol. The van der Waals surface area contributed by atoms with E-state index in [0.29, 0.717) is 0 Å². The minimum Gasteiger partial charge on any atom is -0.418 e. The molecule has 1 atom stereocenters. The van der Waals surface area contributed by atoms with Crippen LogP contribution in [0.1, 0.15) is 47.5 Å². The van der Waals surface area contributed by atoms with Crippen molar-refractivity contribution in [3.05, 3.63) is 12.2 Å². The maximum Gasteiger partial charge on any atom is 0.306 e. The average molecular weight is 254 g/mol. The molecule has 0 unspecified atom stereocenters. The van der Waals surface area contributed by atoms with E-state index in [9.17, 15) is 9.59 Å². The van der Waals surface area contributed by atoms with Gasteiger partial charge in [0.15, 0.2) is 0 Å². The minimum atomic E-state index is -1.26. The molecular formula is C14H22O4. The first-order valence-corrected chi connectivity index (χ1v) is 6.24. The molecule has 0 fully saturated rings. The number of esters is 2. The molecule has 102 valence electrons. The van der Waals surface area contributed by atoms with Gasteiger partial charge < -0.3 is 9.47 Å². The summed E-state index contributed by atoms with van der Waals surface area (Å²) in [6, 6.07) is 0. The third-order valence-corrected chi connectivity index (χ3v) is 3.11. The number of ether oxygens (including phenoxy) is 2. The number of carbonyl (C=O) groups is 2. The van der Waals surface area contributed by atoms with Crippen molar-refractivity contribution in [2.24, 2.45) is 11.3 Å². The van der Waals surface area contributed by atoms with Gasteiger partial charge in [0.05, 0.1) is 0 Å². The van der Waals surface area contributed by atoms with Crippen LogP contribution in [0.4, 0.5) is 0 Å². The molecule has 0 aliphatic heterocycles. The molecule has 0 amide bonds. The predicted octanol–water partition coefficient (Wildman–Crippen LogP) is 2.82. The fraction of sp³-hybridized carbons (Fsp3) is 0.714. The first-order valence-electron chi connectivity index (χ1n) is 6.24. The summed E-state index contributed by atoms with van der Waals surface area (Å²) in [7, 11) is 0. The molecule has 18 heavy (non-hydrogen) atoms. The highest BCUT2D eigenvalue weighted by Gasteiger charge is 2.49. The summed E-state index contributed by atoms with van der Waals surface area (Å²) in [5.41, 5.74) is -0.129. The number of hydrogen-bond donors (Lipinski definition) is 0. The maximum absolute atomic E-state index is 11.3. The van der Waals surface area contributed by atoms with E-state index in [1.54, 1.807) is 6.08 Å². The highest BCUT2D eigenvalue weighted by atomic mass is 16.7. The molecule has 1 aliphatic rings. The SMILES string of the molecule is CC(=O)OC1(OC(C)=O)C=CCC[C@@H]1C(C)(C)C. The van der Waals surface area contributed by atoms with Crippen LogP contribution in [-0.4, -0.2) is 17.7 Å². The highest BCUT2D eigenvalue weighted by Crippen LogP contribution is 2.44. The molecule has 0 aromatic carbocycles. The number of hydrogen-bond acceptors (Lipinski definition) is 4. The van der Waals surface area contributed by atoms with E-state index in [4.69, 9.17) is 9.47 Å². The number of allylic oxidation sites excluding steroid dienone is 1. The van der Waals surface area contributed by atoms with Crippen LogP contribution in [0.3, 0.4) is 0 Å². The normalized spacial score (nSPS) is 22.4. The maximum atomic E-state index is 11.3. The highest BCUT2D eigenvalue weighted by molar-refractivity contribution is 5.69. The molecule has 0 heterocycles. The Morgan fingerprint density at radius 1 is 1.17 bits per heavy atom. The van der Waals surface area contributed by atoms with Gasteiger partial charge in [-0.25, -0.2) is 0 Å². The van der Waals surface area contributed by atoms with Gasteiger partial charge in [0.1, 0.15) is 0 Å². The van der Waals surface area contributed by atoms with Gasteiger partial charge in [-0.1, -0.05) is 26.8 Å². The Balaban J connectivity index is 3.17. The number of rotatable bonds is 2. The molecule has 4 nitrogen and oxygen atoms in total. The van der Waals surface area contributed by atoms with Crippen LogP contribution in [0.15, 0.2) is 12.2 Å². The van der Waals surface area contributed by atoms with E-state index in [0.717, 1.165) is 12.8 Å². The van der Waals surface area contributed by atoms with Crippen LogP contribution in [0.5, 0.6) is 0 Å². The Hall–Kier alpha value is -1.32. The lowest BCUT2D eigenvalue weighted by molar-refractivity contribution is -0.238. The molecule has 0 N–H and O–H groups in total. The topological polar surface area (TPSA) is 52.6 Å². The lowest BCUT2D eigenvalue weighted by atomic mass is 9.71. The third-order valence-electron chi connectivity index (χ3n) is 3.11. The summed E-state index contributed by atoms with van der Waals surface area (Å²) in [5.74, 6) is -2.20. The lowest BCUT2D eigenvalue weighted by Crippen LogP contribution is -2.50. The summed E-state index contributed by atoms with van der Waals surface area (Å²) in [5, 5.41) is 0. The van der Waals surface area contributed by atoms with Gasteiger partial charge in [0.2, 0.25) is 0 Å². The van der Waals surface area contributed by atoms with Crippen molar-refractivity contribution in [3.8, 4) is 0 Å². The second-order valence-electron chi connectivity index (χ2n) is 5.81. The first-order chi connectivity index (χ1) is 8.17. The summed E-state index contributed by atoms with van der Waals surface area (Å²) >= 11 is 0. The van der Waals surface area contributed by atoms with Crippen molar-refractivity contribution < 1.29 is 19.1 Å². The summed E-state index contributed by atoms with van der Waals surface area (Å²) in [6.07, 6.45) is 5.32. The molecule has 0 aromatic heterocycles. The van der Waals surface area contributed by atoms with Crippen molar-refractivity contribution >= 4 is 11.9 Å². The first kappa shape index (κ1) is 14.7. The molecule has 0 saturated heterocycles. The molecule has 0 bridgehead atoms. The van der Waals surface area contributed by atoms with Gasteiger partial charge in [-0.05, 0) is 24.3 Å². The van der Waals surface area contributed by atoms with Crippen molar-refractivity contribution in [1.29, 1.82) is 0 Å². The molecule has 1 aliphatic carbocycles. The minimum absolute atomic E-state index is 0.0530.